The van der Waals surface area contributed by atoms with Gasteiger partial charge in [-0.05, 0) is 80.3 Å². The number of hydrogen-bond acceptors (Lipinski definition) is 16. The zero-order valence-corrected chi connectivity index (χ0v) is 38.3. The molecule has 4 rings (SSSR count). The second kappa shape index (κ2) is 21.1. The summed E-state index contributed by atoms with van der Waals surface area (Å²) in [5.41, 5.74) is -4.28. The summed E-state index contributed by atoms with van der Waals surface area (Å²) >= 11 is 0. The lowest BCUT2D eigenvalue weighted by Gasteiger charge is -2.52. The second-order valence-corrected chi connectivity index (χ2v) is 18.7. The second-order valence-electron chi connectivity index (χ2n) is 18.7. The van der Waals surface area contributed by atoms with Crippen LogP contribution in [0.3, 0.4) is 0 Å². The highest BCUT2D eigenvalue weighted by atomic mass is 16.7. The van der Waals surface area contributed by atoms with E-state index < -0.39 is 96.1 Å². The van der Waals surface area contributed by atoms with Gasteiger partial charge >= 0.3 is 5.97 Å². The molecule has 16 nitrogen and oxygen atoms in total. The Balaban J connectivity index is 1.84. The van der Waals surface area contributed by atoms with Gasteiger partial charge in [-0.1, -0.05) is 34.6 Å². The standard InChI is InChI=1S/C43H80N2O14/c1-15-30-43(11,50)38-25(5)33(44-31(57-38)22-53-18-17-51-13)23(3)20-41(9,49)37(59-40-34(46)29(45(12)16-2)19-24(4)54-40)26(6)35(27(7)39(48)56-30)58-32-21-42(10,52-14)36(47)28(8)55-32/h23-38,40,44,46-47,49-50H,15-22H2,1-14H3/t23-,24-,25+,26+,27-,28+,29+,30?,31-,32+,33+,34-,35?,36+,37-,38-,40+,41-,42-,43-/m1/s1. The van der Waals surface area contributed by atoms with Crippen LogP contribution in [0.2, 0.25) is 0 Å². The molecule has 2 bridgehead atoms. The quantitative estimate of drug-likeness (QED) is 0.134. The van der Waals surface area contributed by atoms with Crippen LogP contribution in [0.25, 0.3) is 0 Å². The number of hydrogen-bond donors (Lipinski definition) is 5. The van der Waals surface area contributed by atoms with Gasteiger partial charge in [0.25, 0.3) is 0 Å². The highest BCUT2D eigenvalue weighted by molar-refractivity contribution is 5.73. The van der Waals surface area contributed by atoms with Gasteiger partial charge in [0.15, 0.2) is 12.6 Å². The summed E-state index contributed by atoms with van der Waals surface area (Å²) in [6.07, 6.45) is -8.28. The monoisotopic (exact) mass is 849 g/mol. The maximum Gasteiger partial charge on any atom is 0.311 e. The molecule has 0 amide bonds. The van der Waals surface area contributed by atoms with Gasteiger partial charge in [-0.3, -0.25) is 10.1 Å². The molecule has 4 heterocycles. The zero-order valence-electron chi connectivity index (χ0n) is 38.3. The van der Waals surface area contributed by atoms with E-state index in [0.717, 1.165) is 0 Å². The number of ether oxygens (including phenoxy) is 9. The van der Waals surface area contributed by atoms with Crippen molar-refractivity contribution in [2.75, 3.05) is 47.6 Å². The summed E-state index contributed by atoms with van der Waals surface area (Å²) in [6, 6.07) is -0.580. The van der Waals surface area contributed by atoms with Crippen molar-refractivity contribution in [1.29, 1.82) is 0 Å². The lowest BCUT2D eigenvalue weighted by molar-refractivity contribution is -0.319. The van der Waals surface area contributed by atoms with Crippen molar-refractivity contribution in [3.05, 3.63) is 0 Å². The number of carbonyl (C=O) groups excluding carboxylic acids is 1. The maximum atomic E-state index is 14.5. The van der Waals surface area contributed by atoms with Crippen molar-refractivity contribution in [2.24, 2.45) is 23.7 Å². The smallest absolute Gasteiger partial charge is 0.311 e. The molecular formula is C43H80N2O14. The summed E-state index contributed by atoms with van der Waals surface area (Å²) in [6.45, 7) is 21.8. The average Bonchev–Trinajstić information content (AvgIpc) is 3.18. The maximum absolute atomic E-state index is 14.5. The van der Waals surface area contributed by atoms with Gasteiger partial charge in [-0.25, -0.2) is 0 Å². The molecule has 0 saturated carbocycles. The predicted molar refractivity (Wildman–Crippen MR) is 218 cm³/mol. The van der Waals surface area contributed by atoms with Crippen molar-refractivity contribution >= 4 is 5.97 Å². The summed E-state index contributed by atoms with van der Waals surface area (Å²) in [7, 11) is 5.07. The van der Waals surface area contributed by atoms with Crippen molar-refractivity contribution in [3.63, 3.8) is 0 Å². The number of rotatable bonds is 13. The first kappa shape index (κ1) is 50.6. The van der Waals surface area contributed by atoms with Gasteiger partial charge in [0.05, 0.1) is 67.5 Å². The zero-order chi connectivity index (χ0) is 44.2. The van der Waals surface area contributed by atoms with Crippen LogP contribution in [-0.2, 0) is 47.4 Å². The lowest BCUT2D eigenvalue weighted by Crippen LogP contribution is -2.67. The van der Waals surface area contributed by atoms with Crippen LogP contribution >= 0.6 is 0 Å². The minimum atomic E-state index is -1.64. The van der Waals surface area contributed by atoms with E-state index in [1.54, 1.807) is 41.7 Å². The summed E-state index contributed by atoms with van der Waals surface area (Å²) in [5.74, 6) is -2.95. The number of aliphatic hydroxyl groups is 4. The molecule has 4 fully saturated rings. The Morgan fingerprint density at radius 3 is 2.20 bits per heavy atom. The van der Waals surface area contributed by atoms with Crippen molar-refractivity contribution in [3.8, 4) is 0 Å². The van der Waals surface area contributed by atoms with E-state index in [1.165, 1.54) is 7.11 Å². The fourth-order valence-electron chi connectivity index (χ4n) is 10.2. The van der Waals surface area contributed by atoms with Gasteiger partial charge in [0.1, 0.15) is 30.1 Å². The van der Waals surface area contributed by atoms with E-state index in [-0.39, 0.29) is 55.9 Å². The van der Waals surface area contributed by atoms with Crippen molar-refractivity contribution < 1.29 is 67.9 Å². The van der Waals surface area contributed by atoms with Crippen molar-refractivity contribution in [2.45, 2.75) is 198 Å². The number of methoxy groups -OCH3 is 2. The van der Waals surface area contributed by atoms with E-state index in [2.05, 4.69) is 10.2 Å². The Bertz CT molecular complexity index is 1310. The predicted octanol–water partition coefficient (Wildman–Crippen LogP) is 2.59. The van der Waals surface area contributed by atoms with Gasteiger partial charge in [-0.2, -0.15) is 0 Å². The molecule has 0 aromatic carbocycles. The molecule has 2 unspecified atom stereocenters. The van der Waals surface area contributed by atoms with E-state index in [0.29, 0.717) is 26.2 Å². The van der Waals surface area contributed by atoms with Crippen LogP contribution in [0.4, 0.5) is 0 Å². The normalized spacial score (nSPS) is 48.1. The molecule has 16 heteroatoms. The van der Waals surface area contributed by atoms with Gasteiger partial charge in [0, 0.05) is 44.6 Å². The molecule has 5 N–H and O–H groups in total. The molecule has 0 radical (unpaired) electrons. The van der Waals surface area contributed by atoms with Gasteiger partial charge in [-0.15, -0.1) is 0 Å². The highest BCUT2D eigenvalue weighted by Crippen LogP contribution is 2.43. The average molecular weight is 849 g/mol. The van der Waals surface area contributed by atoms with E-state index in [9.17, 15) is 25.2 Å². The number of aliphatic hydroxyl groups excluding tert-OH is 2. The third-order valence-electron chi connectivity index (χ3n) is 13.9. The number of fused-ring (bicyclic) bond motifs is 2. The van der Waals surface area contributed by atoms with Crippen molar-refractivity contribution in [1.82, 2.24) is 10.2 Å². The van der Waals surface area contributed by atoms with E-state index in [1.807, 2.05) is 48.6 Å². The first-order valence-corrected chi connectivity index (χ1v) is 21.9. The van der Waals surface area contributed by atoms with Crippen LogP contribution in [0, 0.1) is 23.7 Å². The molecular weight excluding hydrogens is 768 g/mol. The van der Waals surface area contributed by atoms with Gasteiger partial charge in [0.2, 0.25) is 0 Å². The molecule has 4 aliphatic heterocycles. The Hall–Kier alpha value is -1.09. The van der Waals surface area contributed by atoms with Crippen LogP contribution < -0.4 is 5.32 Å². The Morgan fingerprint density at radius 2 is 1.59 bits per heavy atom. The number of likely N-dealkylation sites (N-methyl/N-ethyl adjacent to an activating group) is 1. The van der Waals surface area contributed by atoms with Crippen LogP contribution in [0.15, 0.2) is 0 Å². The molecule has 346 valence electrons. The number of cyclic esters (lactones) is 1. The number of nitrogens with one attached hydrogen (secondary N) is 1. The molecule has 4 saturated heterocycles. The summed E-state index contributed by atoms with van der Waals surface area (Å²) < 4.78 is 55.9. The fourth-order valence-corrected chi connectivity index (χ4v) is 10.2. The van der Waals surface area contributed by atoms with E-state index in [4.69, 9.17) is 42.6 Å². The van der Waals surface area contributed by atoms with Crippen LogP contribution in [-0.4, -0.2) is 175 Å². The SMILES string of the molecule is CCC1OC(=O)[C@H](C)C(O[C@H]2C[C@@](C)(OC)[C@@H](O)[C@H](C)O2)[C@H](C)[C@@H](O[C@@H]2O[C@H](C)C[C@H](N(C)CC)[C@H]2O)[C@](C)(O)C[C@@H](C)[C@@H]2N[C@@H](COCCOC)O[C@H]([C@H]2C)[C@]1(C)O. The number of nitrogens with zero attached hydrogens (tertiary/aromatic N) is 1. The largest absolute Gasteiger partial charge is 0.459 e. The minimum absolute atomic E-state index is 0.138. The number of carbonyl (C=O) groups is 1. The third-order valence-corrected chi connectivity index (χ3v) is 13.9. The Morgan fingerprint density at radius 1 is 0.915 bits per heavy atom. The third kappa shape index (κ3) is 11.5. The molecule has 20 atom stereocenters. The summed E-state index contributed by atoms with van der Waals surface area (Å²) in [5, 5.41) is 51.8. The molecule has 4 aliphatic rings. The molecule has 0 aliphatic carbocycles. The molecule has 59 heavy (non-hydrogen) atoms. The van der Waals surface area contributed by atoms with Crippen LogP contribution in [0.5, 0.6) is 0 Å². The first-order chi connectivity index (χ1) is 27.6. The molecule has 0 aromatic rings. The Labute approximate surface area is 353 Å². The minimum Gasteiger partial charge on any atom is -0.459 e. The topological polar surface area (TPSA) is 196 Å². The molecule has 0 aromatic heterocycles. The number of esters is 1. The van der Waals surface area contributed by atoms with E-state index >= 15 is 0 Å². The first-order valence-electron chi connectivity index (χ1n) is 21.9. The Kier molecular flexibility index (Phi) is 18.0. The molecule has 0 spiro atoms. The van der Waals surface area contributed by atoms with Gasteiger partial charge < -0.3 is 68.0 Å². The lowest BCUT2D eigenvalue weighted by atomic mass is 9.71. The summed E-state index contributed by atoms with van der Waals surface area (Å²) in [4.78, 5) is 16.6. The fraction of sp³-hybridized carbons (Fsp3) is 0.977. The van der Waals surface area contributed by atoms with Crippen LogP contribution in [0.1, 0.15) is 102 Å². The highest BCUT2D eigenvalue weighted by Gasteiger charge is 2.55.